The Bertz CT molecular complexity index is 1310. The first-order valence-corrected chi connectivity index (χ1v) is 14.5. The van der Waals surface area contributed by atoms with Crippen LogP contribution in [-0.2, 0) is 19.9 Å². The number of hydrogen-bond acceptors (Lipinski definition) is 7. The fourth-order valence-corrected chi connectivity index (χ4v) is 7.27. The first kappa shape index (κ1) is 27.3. The first-order chi connectivity index (χ1) is 18.1. The van der Waals surface area contributed by atoms with Crippen molar-refractivity contribution in [1.29, 1.82) is 0 Å². The van der Waals surface area contributed by atoms with Crippen LogP contribution in [0.25, 0.3) is 0 Å². The van der Waals surface area contributed by atoms with Crippen LogP contribution in [0.2, 0.25) is 10.0 Å². The van der Waals surface area contributed by atoms with Crippen LogP contribution in [0.4, 0.5) is 0 Å². The van der Waals surface area contributed by atoms with Gasteiger partial charge >= 0.3 is 11.9 Å². The van der Waals surface area contributed by atoms with Crippen LogP contribution in [0.3, 0.4) is 0 Å². The number of carbonyl (C=O) groups is 2. The van der Waals surface area contributed by atoms with Crippen LogP contribution in [0, 0.1) is 11.8 Å². The third kappa shape index (κ3) is 4.79. The van der Waals surface area contributed by atoms with Gasteiger partial charge in [-0.1, -0.05) is 74.7 Å². The lowest BCUT2D eigenvalue weighted by atomic mass is 9.81. The fourth-order valence-electron chi connectivity index (χ4n) is 5.73. The van der Waals surface area contributed by atoms with Gasteiger partial charge in [0.2, 0.25) is 0 Å². The van der Waals surface area contributed by atoms with Crippen LogP contribution in [0.1, 0.15) is 57.7 Å². The van der Waals surface area contributed by atoms with Gasteiger partial charge < -0.3 is 15.0 Å². The molecule has 1 saturated heterocycles. The number of rotatable bonds is 6. The Kier molecular flexibility index (Phi) is 7.66. The van der Waals surface area contributed by atoms with Gasteiger partial charge in [-0.2, -0.15) is 0 Å². The number of fused-ring (bicyclic) bond motifs is 1. The summed E-state index contributed by atoms with van der Waals surface area (Å²) in [5, 5.41) is 5.19. The summed E-state index contributed by atoms with van der Waals surface area (Å²) in [6.07, 6.45) is 1.75. The fraction of sp³-hybridized carbons (Fsp3) is 0.414. The highest BCUT2D eigenvalue weighted by molar-refractivity contribution is 8.18. The molecule has 2 aromatic rings. The molecule has 9 heteroatoms. The lowest BCUT2D eigenvalue weighted by molar-refractivity contribution is -0.158. The van der Waals surface area contributed by atoms with E-state index >= 15 is 0 Å². The molecule has 0 bridgehead atoms. The lowest BCUT2D eigenvalue weighted by Gasteiger charge is -2.37. The van der Waals surface area contributed by atoms with Crippen LogP contribution >= 0.6 is 35.0 Å². The van der Waals surface area contributed by atoms with E-state index in [0.29, 0.717) is 20.1 Å². The molecule has 6 nitrogen and oxygen atoms in total. The maximum Gasteiger partial charge on any atom is 0.354 e. The van der Waals surface area contributed by atoms with Gasteiger partial charge in [0.05, 0.1) is 6.04 Å². The number of benzene rings is 2. The molecular formula is C29H31Cl2N3O3S. The minimum absolute atomic E-state index is 0.0248. The molecule has 200 valence electrons. The highest BCUT2D eigenvalue weighted by atomic mass is 35.5. The van der Waals surface area contributed by atoms with Crippen molar-refractivity contribution < 1.29 is 14.3 Å². The second-order valence-corrected chi connectivity index (χ2v) is 12.3. The number of amidine groups is 1. The predicted molar refractivity (Wildman–Crippen MR) is 153 cm³/mol. The highest BCUT2D eigenvalue weighted by Crippen LogP contribution is 2.56. The number of esters is 2. The van der Waals surface area contributed by atoms with E-state index in [1.165, 1.54) is 11.8 Å². The molecule has 0 aliphatic carbocycles. The molecule has 0 saturated carbocycles. The summed E-state index contributed by atoms with van der Waals surface area (Å²) < 4.78 is 5.47. The highest BCUT2D eigenvalue weighted by Gasteiger charge is 2.53. The van der Waals surface area contributed by atoms with Gasteiger partial charge in [-0.25, -0.2) is 14.6 Å². The Balaban J connectivity index is 1.54. The van der Waals surface area contributed by atoms with E-state index in [0.717, 1.165) is 36.2 Å². The molecule has 1 fully saturated rings. The zero-order valence-corrected chi connectivity index (χ0v) is 24.2. The summed E-state index contributed by atoms with van der Waals surface area (Å²) in [5.74, 6) is -0.979. The number of allylic oxidation sites excluding steroid dienone is 1. The number of thioether (sulfide) groups is 1. The summed E-state index contributed by atoms with van der Waals surface area (Å²) in [5.41, 5.74) is 2.16. The maximum atomic E-state index is 13.4. The Labute approximate surface area is 237 Å². The standard InChI is InChI=1S/C29H31Cl2N3O3S/c1-5-17-14-15-32-22(17)26(35)37-27(36)24-23(16(2)3)34-25(18-6-10-20(30)11-7-18)29(4,33-28(34)38-24)19-8-12-21(31)13-9-19/h6-13,16-17,22,25,32H,5,14-15H2,1-4H3/t17-,22+,25-,29+/m1/s1. The van der Waals surface area contributed by atoms with E-state index in [1.807, 2.05) is 69.3 Å². The topological polar surface area (TPSA) is 71.0 Å². The Hall–Kier alpha value is -2.32. The van der Waals surface area contributed by atoms with Crippen molar-refractivity contribution in [2.45, 2.75) is 58.2 Å². The summed E-state index contributed by atoms with van der Waals surface area (Å²) in [6.45, 7) is 8.97. The molecule has 3 aliphatic rings. The van der Waals surface area contributed by atoms with Gasteiger partial charge in [0.25, 0.3) is 0 Å². The molecule has 0 spiro atoms. The van der Waals surface area contributed by atoms with Gasteiger partial charge in [-0.05, 0) is 78.9 Å². The van der Waals surface area contributed by atoms with E-state index in [2.05, 4.69) is 17.1 Å². The smallest absolute Gasteiger partial charge is 0.354 e. The summed E-state index contributed by atoms with van der Waals surface area (Å²) in [6, 6.07) is 14.8. The zero-order chi connectivity index (χ0) is 27.2. The Morgan fingerprint density at radius 3 is 2.37 bits per heavy atom. The first-order valence-electron chi connectivity index (χ1n) is 13.0. The van der Waals surface area contributed by atoms with Crippen molar-refractivity contribution in [3.05, 3.63) is 80.3 Å². The maximum absolute atomic E-state index is 13.4. The largest absolute Gasteiger partial charge is 0.388 e. The molecule has 2 aromatic carbocycles. The quantitative estimate of drug-likeness (QED) is 0.307. The van der Waals surface area contributed by atoms with Gasteiger partial charge in [-0.15, -0.1) is 0 Å². The minimum Gasteiger partial charge on any atom is -0.388 e. The van der Waals surface area contributed by atoms with E-state index in [1.54, 1.807) is 0 Å². The average Bonchev–Trinajstić information content (AvgIpc) is 3.57. The summed E-state index contributed by atoms with van der Waals surface area (Å²) in [4.78, 5) is 34.1. The van der Waals surface area contributed by atoms with Crippen molar-refractivity contribution >= 4 is 52.1 Å². The van der Waals surface area contributed by atoms with Crippen molar-refractivity contribution in [2.24, 2.45) is 16.8 Å². The summed E-state index contributed by atoms with van der Waals surface area (Å²) in [7, 11) is 0. The molecule has 5 rings (SSSR count). The zero-order valence-electron chi connectivity index (χ0n) is 21.8. The molecule has 3 heterocycles. The van der Waals surface area contributed by atoms with E-state index in [4.69, 9.17) is 32.9 Å². The molecule has 4 atom stereocenters. The van der Waals surface area contributed by atoms with Gasteiger partial charge in [-0.3, -0.25) is 0 Å². The number of carbonyl (C=O) groups excluding carboxylic acids is 2. The Morgan fingerprint density at radius 1 is 1.13 bits per heavy atom. The van der Waals surface area contributed by atoms with E-state index in [-0.39, 0.29) is 17.9 Å². The van der Waals surface area contributed by atoms with Crippen molar-refractivity contribution in [3.63, 3.8) is 0 Å². The number of nitrogens with one attached hydrogen (secondary N) is 1. The van der Waals surface area contributed by atoms with E-state index < -0.39 is 23.5 Å². The molecule has 1 N–H and O–H groups in total. The number of aliphatic imine (C=N–C) groups is 1. The normalized spacial score (nSPS) is 26.7. The third-order valence-corrected chi connectivity index (χ3v) is 9.23. The number of ether oxygens (including phenoxy) is 1. The number of hydrogen-bond donors (Lipinski definition) is 1. The monoisotopic (exact) mass is 571 g/mol. The molecule has 0 radical (unpaired) electrons. The number of nitrogens with zero attached hydrogens (tertiary/aromatic N) is 2. The summed E-state index contributed by atoms with van der Waals surface area (Å²) >= 11 is 13.7. The second kappa shape index (κ2) is 10.7. The molecule has 3 aliphatic heterocycles. The number of halogens is 2. The molecule has 38 heavy (non-hydrogen) atoms. The average molecular weight is 573 g/mol. The molecule has 0 amide bonds. The lowest BCUT2D eigenvalue weighted by Crippen LogP contribution is -2.38. The Morgan fingerprint density at radius 2 is 1.76 bits per heavy atom. The van der Waals surface area contributed by atoms with E-state index in [9.17, 15) is 9.59 Å². The van der Waals surface area contributed by atoms with Crippen LogP contribution in [0.5, 0.6) is 0 Å². The van der Waals surface area contributed by atoms with Crippen LogP contribution in [-0.4, -0.2) is 34.6 Å². The molecular weight excluding hydrogens is 541 g/mol. The van der Waals surface area contributed by atoms with Crippen LogP contribution < -0.4 is 5.32 Å². The molecule has 0 unspecified atom stereocenters. The van der Waals surface area contributed by atoms with Crippen LogP contribution in [0.15, 0.2) is 64.1 Å². The SMILES string of the molecule is CC[C@@H]1CCN[C@@H]1C(=O)OC(=O)C1=C(C(C)C)N2C(=N[C@@](C)(c3ccc(Cl)cc3)[C@H]2c2ccc(Cl)cc2)S1. The second-order valence-electron chi connectivity index (χ2n) is 10.4. The predicted octanol–water partition coefficient (Wildman–Crippen LogP) is 6.69. The van der Waals surface area contributed by atoms with Gasteiger partial charge in [0.1, 0.15) is 16.5 Å². The third-order valence-electron chi connectivity index (χ3n) is 7.68. The molecule has 0 aromatic heterocycles. The van der Waals surface area contributed by atoms with Crippen molar-refractivity contribution in [2.75, 3.05) is 6.54 Å². The minimum atomic E-state index is -0.658. The van der Waals surface area contributed by atoms with Crippen molar-refractivity contribution in [3.8, 4) is 0 Å². The van der Waals surface area contributed by atoms with Gasteiger partial charge in [0, 0.05) is 15.7 Å². The van der Waals surface area contributed by atoms with Gasteiger partial charge in [0.15, 0.2) is 5.17 Å². The van der Waals surface area contributed by atoms with Crippen molar-refractivity contribution in [1.82, 2.24) is 10.2 Å².